The zero-order chi connectivity index (χ0) is 10.5. The SMILES string of the molecule is Ic1cccnc1N=Nc1ccccn1. The van der Waals surface area contributed by atoms with Gasteiger partial charge in [-0.05, 0) is 46.9 Å². The van der Waals surface area contributed by atoms with Crippen LogP contribution in [0.4, 0.5) is 11.6 Å². The summed E-state index contributed by atoms with van der Waals surface area (Å²) in [7, 11) is 0. The molecular formula is C10H7IN4. The molecule has 0 aliphatic carbocycles. The van der Waals surface area contributed by atoms with Crippen molar-refractivity contribution in [2.45, 2.75) is 0 Å². The maximum atomic E-state index is 4.10. The van der Waals surface area contributed by atoms with Crippen LogP contribution in [0, 0.1) is 3.57 Å². The number of hydrogen-bond acceptors (Lipinski definition) is 4. The van der Waals surface area contributed by atoms with E-state index in [9.17, 15) is 0 Å². The van der Waals surface area contributed by atoms with Crippen LogP contribution in [0.1, 0.15) is 0 Å². The van der Waals surface area contributed by atoms with Gasteiger partial charge in [0.05, 0.1) is 3.57 Å². The number of nitrogens with zero attached hydrogens (tertiary/aromatic N) is 4. The lowest BCUT2D eigenvalue weighted by Gasteiger charge is -1.93. The highest BCUT2D eigenvalue weighted by molar-refractivity contribution is 14.1. The molecule has 0 bridgehead atoms. The van der Waals surface area contributed by atoms with E-state index in [4.69, 9.17) is 0 Å². The van der Waals surface area contributed by atoms with Crippen molar-refractivity contribution in [2.75, 3.05) is 0 Å². The fraction of sp³-hybridized carbons (Fsp3) is 0. The van der Waals surface area contributed by atoms with Gasteiger partial charge in [-0.15, -0.1) is 10.2 Å². The van der Waals surface area contributed by atoms with Crippen molar-refractivity contribution in [2.24, 2.45) is 10.2 Å². The van der Waals surface area contributed by atoms with E-state index in [-0.39, 0.29) is 0 Å². The number of hydrogen-bond donors (Lipinski definition) is 0. The van der Waals surface area contributed by atoms with Crippen LogP contribution in [0.2, 0.25) is 0 Å². The molecule has 0 spiro atoms. The smallest absolute Gasteiger partial charge is 0.187 e. The molecule has 0 saturated carbocycles. The van der Waals surface area contributed by atoms with E-state index in [0.29, 0.717) is 11.6 Å². The fourth-order valence-electron chi connectivity index (χ4n) is 0.962. The Morgan fingerprint density at radius 2 is 1.80 bits per heavy atom. The number of halogens is 1. The minimum Gasteiger partial charge on any atom is -0.236 e. The molecule has 0 aliphatic rings. The van der Waals surface area contributed by atoms with Crippen LogP contribution in [0.25, 0.3) is 0 Å². The summed E-state index contributed by atoms with van der Waals surface area (Å²) < 4.78 is 0.967. The Morgan fingerprint density at radius 3 is 2.53 bits per heavy atom. The van der Waals surface area contributed by atoms with Crippen molar-refractivity contribution in [1.82, 2.24) is 9.97 Å². The summed E-state index contributed by atoms with van der Waals surface area (Å²) >= 11 is 2.17. The average molecular weight is 310 g/mol. The van der Waals surface area contributed by atoms with Gasteiger partial charge in [-0.3, -0.25) is 0 Å². The first-order valence-corrected chi connectivity index (χ1v) is 5.37. The summed E-state index contributed by atoms with van der Waals surface area (Å²) in [5.41, 5.74) is 0. The molecule has 2 rings (SSSR count). The third-order valence-corrected chi connectivity index (χ3v) is 2.48. The second-order valence-electron chi connectivity index (χ2n) is 2.70. The Bertz CT molecular complexity index is 470. The first-order chi connectivity index (χ1) is 7.36. The van der Waals surface area contributed by atoms with Gasteiger partial charge < -0.3 is 0 Å². The topological polar surface area (TPSA) is 50.5 Å². The Morgan fingerprint density at radius 1 is 0.933 bits per heavy atom. The molecule has 2 aromatic rings. The van der Waals surface area contributed by atoms with Crippen molar-refractivity contribution < 1.29 is 0 Å². The van der Waals surface area contributed by atoms with Crippen molar-refractivity contribution in [3.63, 3.8) is 0 Å². The maximum Gasteiger partial charge on any atom is 0.187 e. The van der Waals surface area contributed by atoms with E-state index in [2.05, 4.69) is 42.8 Å². The van der Waals surface area contributed by atoms with E-state index in [1.165, 1.54) is 0 Å². The largest absolute Gasteiger partial charge is 0.236 e. The lowest BCUT2D eigenvalue weighted by molar-refractivity contribution is 1.11. The predicted octanol–water partition coefficient (Wildman–Crippen LogP) is 3.50. The highest BCUT2D eigenvalue weighted by atomic mass is 127. The molecule has 0 aromatic carbocycles. The monoisotopic (exact) mass is 310 g/mol. The van der Waals surface area contributed by atoms with Gasteiger partial charge >= 0.3 is 0 Å². The van der Waals surface area contributed by atoms with Crippen molar-refractivity contribution in [3.8, 4) is 0 Å². The van der Waals surface area contributed by atoms with Gasteiger partial charge in [0.15, 0.2) is 11.6 Å². The number of rotatable bonds is 2. The van der Waals surface area contributed by atoms with Crippen molar-refractivity contribution in [3.05, 3.63) is 46.3 Å². The molecule has 0 atom stereocenters. The third-order valence-electron chi connectivity index (χ3n) is 1.64. The summed E-state index contributed by atoms with van der Waals surface area (Å²) in [5, 5.41) is 8.00. The van der Waals surface area contributed by atoms with E-state index in [1.807, 2.05) is 24.3 Å². The molecule has 4 nitrogen and oxygen atoms in total. The Labute approximate surface area is 101 Å². The Hall–Kier alpha value is -1.37. The quantitative estimate of drug-likeness (QED) is 0.630. The summed E-state index contributed by atoms with van der Waals surface area (Å²) in [5.74, 6) is 1.20. The molecule has 0 saturated heterocycles. The van der Waals surface area contributed by atoms with E-state index < -0.39 is 0 Å². The molecule has 0 radical (unpaired) electrons. The van der Waals surface area contributed by atoms with Crippen LogP contribution in [0.5, 0.6) is 0 Å². The summed E-state index contributed by atoms with van der Waals surface area (Å²) in [6.07, 6.45) is 3.37. The molecule has 74 valence electrons. The summed E-state index contributed by atoms with van der Waals surface area (Å²) in [6.45, 7) is 0. The van der Waals surface area contributed by atoms with Gasteiger partial charge in [0, 0.05) is 12.4 Å². The van der Waals surface area contributed by atoms with E-state index in [0.717, 1.165) is 3.57 Å². The van der Waals surface area contributed by atoms with Gasteiger partial charge in [0.1, 0.15) is 0 Å². The minimum absolute atomic E-state index is 0.582. The maximum absolute atomic E-state index is 4.10. The molecule has 0 amide bonds. The highest BCUT2D eigenvalue weighted by Gasteiger charge is 1.96. The zero-order valence-corrected chi connectivity index (χ0v) is 9.87. The van der Waals surface area contributed by atoms with E-state index >= 15 is 0 Å². The Kier molecular flexibility index (Phi) is 3.33. The van der Waals surface area contributed by atoms with Gasteiger partial charge in [0.2, 0.25) is 0 Å². The van der Waals surface area contributed by atoms with Crippen LogP contribution in [-0.2, 0) is 0 Å². The first kappa shape index (κ1) is 10.2. The van der Waals surface area contributed by atoms with Gasteiger partial charge in [-0.25, -0.2) is 9.97 Å². The van der Waals surface area contributed by atoms with Crippen LogP contribution in [-0.4, -0.2) is 9.97 Å². The van der Waals surface area contributed by atoms with Gasteiger partial charge in [-0.1, -0.05) is 6.07 Å². The summed E-state index contributed by atoms with van der Waals surface area (Å²) in [6, 6.07) is 9.29. The first-order valence-electron chi connectivity index (χ1n) is 4.29. The molecule has 0 N–H and O–H groups in total. The molecule has 15 heavy (non-hydrogen) atoms. The van der Waals surface area contributed by atoms with Crippen LogP contribution >= 0.6 is 22.6 Å². The van der Waals surface area contributed by atoms with Gasteiger partial charge in [0.25, 0.3) is 0 Å². The highest BCUT2D eigenvalue weighted by Crippen LogP contribution is 2.19. The van der Waals surface area contributed by atoms with Crippen LogP contribution < -0.4 is 0 Å². The molecule has 0 aliphatic heterocycles. The van der Waals surface area contributed by atoms with Crippen molar-refractivity contribution >= 4 is 34.2 Å². The molecule has 2 heterocycles. The normalized spacial score (nSPS) is 10.7. The zero-order valence-electron chi connectivity index (χ0n) is 7.71. The predicted molar refractivity (Wildman–Crippen MR) is 65.4 cm³/mol. The lowest BCUT2D eigenvalue weighted by atomic mass is 10.5. The van der Waals surface area contributed by atoms with Crippen LogP contribution in [0.3, 0.4) is 0 Å². The molecule has 2 aromatic heterocycles. The number of pyridine rings is 2. The second kappa shape index (κ2) is 4.92. The standard InChI is InChI=1S/C10H7IN4/c11-8-4-3-7-13-10(8)15-14-9-5-1-2-6-12-9/h1-7H. The number of azo groups is 1. The van der Waals surface area contributed by atoms with Crippen LogP contribution in [0.15, 0.2) is 53.0 Å². The third kappa shape index (κ3) is 2.79. The second-order valence-corrected chi connectivity index (χ2v) is 3.86. The van der Waals surface area contributed by atoms with Gasteiger partial charge in [-0.2, -0.15) is 0 Å². The minimum atomic E-state index is 0.582. The lowest BCUT2D eigenvalue weighted by Crippen LogP contribution is -1.76. The number of aromatic nitrogens is 2. The average Bonchev–Trinajstić information content (AvgIpc) is 2.29. The molecule has 0 unspecified atom stereocenters. The van der Waals surface area contributed by atoms with Crippen molar-refractivity contribution in [1.29, 1.82) is 0 Å². The Balaban J connectivity index is 2.23. The molecule has 5 heteroatoms. The molecular weight excluding hydrogens is 303 g/mol. The van der Waals surface area contributed by atoms with E-state index in [1.54, 1.807) is 18.5 Å². The summed E-state index contributed by atoms with van der Waals surface area (Å²) in [4.78, 5) is 8.13. The molecule has 0 fully saturated rings. The fourth-order valence-corrected chi connectivity index (χ4v) is 1.42.